The molecule has 33 heavy (non-hydrogen) atoms. The average molecular weight is 491 g/mol. The molecule has 2 aromatic carbocycles. The Bertz CT molecular complexity index is 1350. The van der Waals surface area contributed by atoms with Crippen LogP contribution in [-0.2, 0) is 26.0 Å². The van der Waals surface area contributed by atoms with Crippen LogP contribution in [0.2, 0.25) is 5.02 Å². The third-order valence-electron chi connectivity index (χ3n) is 5.96. The Morgan fingerprint density at radius 1 is 1.06 bits per heavy atom. The average Bonchev–Trinajstić information content (AvgIpc) is 2.77. The highest BCUT2D eigenvalue weighted by atomic mass is 35.5. The summed E-state index contributed by atoms with van der Waals surface area (Å²) in [6.45, 7) is 6.88. The Kier molecular flexibility index (Phi) is 6.93. The van der Waals surface area contributed by atoms with E-state index in [1.165, 1.54) is 16.4 Å². The molecule has 9 heteroatoms. The second-order valence-corrected chi connectivity index (χ2v) is 10.8. The maximum Gasteiger partial charge on any atom is 0.252 e. The minimum atomic E-state index is -3.96. The van der Waals surface area contributed by atoms with Crippen molar-refractivity contribution in [2.24, 2.45) is 0 Å². The van der Waals surface area contributed by atoms with E-state index < -0.39 is 16.1 Å². The summed E-state index contributed by atoms with van der Waals surface area (Å²) in [6, 6.07) is 10.3. The lowest BCUT2D eigenvalue weighted by molar-refractivity contribution is -0.0923. The van der Waals surface area contributed by atoms with E-state index in [9.17, 15) is 13.2 Å². The highest BCUT2D eigenvalue weighted by Gasteiger charge is 2.30. The van der Waals surface area contributed by atoms with Crippen molar-refractivity contribution in [1.82, 2.24) is 9.29 Å². The zero-order chi connectivity index (χ0) is 23.8. The number of halogens is 1. The monoisotopic (exact) mass is 490 g/mol. The Morgan fingerprint density at radius 3 is 2.52 bits per heavy atom. The van der Waals surface area contributed by atoms with Gasteiger partial charge in [0.1, 0.15) is 0 Å². The van der Waals surface area contributed by atoms with Gasteiger partial charge in [-0.2, -0.15) is 4.31 Å². The topological polar surface area (TPSA) is 88.7 Å². The quantitative estimate of drug-likeness (QED) is 0.569. The van der Waals surface area contributed by atoms with Crippen LogP contribution in [-0.4, -0.2) is 50.2 Å². The number of sulfonamides is 1. The number of rotatable bonds is 6. The summed E-state index contributed by atoms with van der Waals surface area (Å²) in [6.07, 6.45) is -0.432. The van der Waals surface area contributed by atoms with Crippen molar-refractivity contribution >= 4 is 32.5 Å². The van der Waals surface area contributed by atoms with Crippen LogP contribution < -0.4 is 5.56 Å². The third-order valence-corrected chi connectivity index (χ3v) is 8.17. The lowest BCUT2D eigenvalue weighted by atomic mass is 10.0. The zero-order valence-electron chi connectivity index (χ0n) is 18.9. The van der Waals surface area contributed by atoms with Crippen molar-refractivity contribution < 1.29 is 17.9 Å². The molecule has 0 unspecified atom stereocenters. The van der Waals surface area contributed by atoms with Gasteiger partial charge in [0.2, 0.25) is 10.0 Å². The van der Waals surface area contributed by atoms with Gasteiger partial charge < -0.3 is 14.5 Å². The highest BCUT2D eigenvalue weighted by Crippen LogP contribution is 2.25. The number of fused-ring (bicyclic) bond motifs is 1. The summed E-state index contributed by atoms with van der Waals surface area (Å²) in [4.78, 5) is 15.8. The molecule has 1 saturated heterocycles. The van der Waals surface area contributed by atoms with E-state index in [1.807, 2.05) is 32.9 Å². The van der Waals surface area contributed by atoms with Crippen molar-refractivity contribution in [2.45, 2.75) is 38.3 Å². The molecule has 0 amide bonds. The smallest absolute Gasteiger partial charge is 0.252 e. The number of pyridine rings is 1. The van der Waals surface area contributed by atoms with Crippen molar-refractivity contribution in [3.63, 3.8) is 0 Å². The molecule has 176 valence electrons. The first-order chi connectivity index (χ1) is 15.6. The number of aromatic nitrogens is 1. The Balaban J connectivity index is 1.74. The van der Waals surface area contributed by atoms with Crippen LogP contribution in [0.5, 0.6) is 0 Å². The third kappa shape index (κ3) is 5.15. The minimum absolute atomic E-state index is 0.0538. The Labute approximate surface area is 198 Å². The Morgan fingerprint density at radius 2 is 1.82 bits per heavy atom. The van der Waals surface area contributed by atoms with Gasteiger partial charge in [0, 0.05) is 29.2 Å². The minimum Gasteiger partial charge on any atom is -0.376 e. The van der Waals surface area contributed by atoms with Crippen LogP contribution in [0.25, 0.3) is 10.9 Å². The lowest BCUT2D eigenvalue weighted by Gasteiger charge is -2.29. The molecule has 1 atom stereocenters. The molecule has 1 N–H and O–H groups in total. The number of nitrogens with one attached hydrogen (secondary N) is 1. The summed E-state index contributed by atoms with van der Waals surface area (Å²) in [5.41, 5.74) is 3.68. The standard InChI is InChI=1S/C24H27ClN2O5S/c1-15-4-5-21(11-22(15)25)33(29,30)27(13-20-14-31-6-7-32-20)12-19-10-18-8-16(2)17(3)9-23(18)26-24(19)28/h4-5,8-11,20H,6-7,12-14H2,1-3H3,(H,26,28)/t20-/m1/s1. The first-order valence-corrected chi connectivity index (χ1v) is 12.6. The second kappa shape index (κ2) is 9.56. The van der Waals surface area contributed by atoms with Gasteiger partial charge in [0.05, 0.1) is 30.8 Å². The number of aryl methyl sites for hydroxylation is 3. The van der Waals surface area contributed by atoms with Crippen LogP contribution >= 0.6 is 11.6 Å². The van der Waals surface area contributed by atoms with Crippen molar-refractivity contribution in [3.8, 4) is 0 Å². The fourth-order valence-corrected chi connectivity index (χ4v) is 5.55. The molecule has 7 nitrogen and oxygen atoms in total. The molecule has 1 aliphatic heterocycles. The van der Waals surface area contributed by atoms with Gasteiger partial charge in [-0.1, -0.05) is 17.7 Å². The van der Waals surface area contributed by atoms with Gasteiger partial charge in [-0.15, -0.1) is 0 Å². The number of benzene rings is 2. The summed E-state index contributed by atoms with van der Waals surface area (Å²) in [5.74, 6) is 0. The van der Waals surface area contributed by atoms with Crippen molar-refractivity contribution in [3.05, 3.63) is 74.0 Å². The molecule has 0 spiro atoms. The Hall–Kier alpha value is -2.23. The molecule has 1 fully saturated rings. The van der Waals surface area contributed by atoms with E-state index in [1.54, 1.807) is 12.1 Å². The molecule has 0 aliphatic carbocycles. The number of hydrogen-bond donors (Lipinski definition) is 1. The van der Waals surface area contributed by atoms with E-state index in [2.05, 4.69) is 4.98 Å². The van der Waals surface area contributed by atoms with Gasteiger partial charge in [0.15, 0.2) is 0 Å². The molecule has 4 rings (SSSR count). The predicted octanol–water partition coefficient (Wildman–Crippen LogP) is 3.71. The molecular formula is C24H27ClN2O5S. The molecule has 1 aliphatic rings. The van der Waals surface area contributed by atoms with E-state index in [0.29, 0.717) is 23.8 Å². The maximum absolute atomic E-state index is 13.6. The van der Waals surface area contributed by atoms with Crippen LogP contribution in [0.3, 0.4) is 0 Å². The molecule has 2 heterocycles. The number of H-pyrrole nitrogens is 1. The van der Waals surface area contributed by atoms with Crippen LogP contribution in [0.15, 0.2) is 46.1 Å². The molecule has 0 saturated carbocycles. The van der Waals surface area contributed by atoms with Gasteiger partial charge in [-0.05, 0) is 73.2 Å². The number of ether oxygens (including phenoxy) is 2. The molecule has 3 aromatic rings. The molecule has 1 aromatic heterocycles. The fourth-order valence-electron chi connectivity index (χ4n) is 3.83. The normalized spacial score (nSPS) is 17.1. The van der Waals surface area contributed by atoms with Crippen LogP contribution in [0, 0.1) is 20.8 Å². The van der Waals surface area contributed by atoms with Gasteiger partial charge in [-0.25, -0.2) is 8.42 Å². The number of hydrogen-bond acceptors (Lipinski definition) is 5. The summed E-state index contributed by atoms with van der Waals surface area (Å²) in [5, 5.41) is 1.21. The van der Waals surface area contributed by atoms with E-state index in [4.69, 9.17) is 21.1 Å². The van der Waals surface area contributed by atoms with E-state index >= 15 is 0 Å². The first kappa shape index (κ1) is 23.9. The second-order valence-electron chi connectivity index (χ2n) is 8.42. The van der Waals surface area contributed by atoms with Gasteiger partial charge in [0.25, 0.3) is 5.56 Å². The number of aromatic amines is 1. The van der Waals surface area contributed by atoms with E-state index in [-0.39, 0.29) is 30.2 Å². The lowest BCUT2D eigenvalue weighted by Crippen LogP contribution is -2.43. The van der Waals surface area contributed by atoms with Crippen molar-refractivity contribution in [2.75, 3.05) is 26.4 Å². The van der Waals surface area contributed by atoms with Crippen LogP contribution in [0.4, 0.5) is 0 Å². The molecular weight excluding hydrogens is 464 g/mol. The maximum atomic E-state index is 13.6. The summed E-state index contributed by atoms with van der Waals surface area (Å²) < 4.78 is 39.6. The SMILES string of the molecule is Cc1cc2cc(CN(C[C@@H]3COCCO3)S(=O)(=O)c3ccc(C)c(Cl)c3)c(=O)[nH]c2cc1C. The zero-order valence-corrected chi connectivity index (χ0v) is 20.4. The predicted molar refractivity (Wildman–Crippen MR) is 128 cm³/mol. The summed E-state index contributed by atoms with van der Waals surface area (Å²) in [7, 11) is -3.96. The van der Waals surface area contributed by atoms with Crippen molar-refractivity contribution in [1.29, 1.82) is 0 Å². The fraction of sp³-hybridized carbons (Fsp3) is 0.375. The van der Waals surface area contributed by atoms with Gasteiger partial charge in [-0.3, -0.25) is 4.79 Å². The van der Waals surface area contributed by atoms with Gasteiger partial charge >= 0.3 is 0 Å². The molecule has 0 bridgehead atoms. The first-order valence-electron chi connectivity index (χ1n) is 10.7. The highest BCUT2D eigenvalue weighted by molar-refractivity contribution is 7.89. The van der Waals surface area contributed by atoms with E-state index in [0.717, 1.165) is 27.6 Å². The summed E-state index contributed by atoms with van der Waals surface area (Å²) >= 11 is 6.21. The molecule has 0 radical (unpaired) electrons. The largest absolute Gasteiger partial charge is 0.376 e. The number of nitrogens with zero attached hydrogens (tertiary/aromatic N) is 1. The van der Waals surface area contributed by atoms with Crippen LogP contribution in [0.1, 0.15) is 22.3 Å².